The monoisotopic (exact) mass is 572 g/mol. The Morgan fingerprint density at radius 1 is 0.872 bits per heavy atom. The van der Waals surface area contributed by atoms with Crippen molar-refractivity contribution in [1.82, 2.24) is 4.72 Å². The summed E-state index contributed by atoms with van der Waals surface area (Å²) in [6.45, 7) is 4.70. The summed E-state index contributed by atoms with van der Waals surface area (Å²) in [5, 5.41) is 9.10. The third kappa shape index (κ3) is 6.48. The minimum absolute atomic E-state index is 0.190. The van der Waals surface area contributed by atoms with Gasteiger partial charge in [0.05, 0.1) is 24.3 Å². The van der Waals surface area contributed by atoms with Crippen LogP contribution in [-0.4, -0.2) is 27.7 Å². The van der Waals surface area contributed by atoms with Gasteiger partial charge in [0.25, 0.3) is 0 Å². The molecule has 0 aliphatic rings. The number of hydrogen-bond donors (Lipinski definition) is 2. The van der Waals surface area contributed by atoms with Gasteiger partial charge in [0.15, 0.2) is 23.3 Å². The summed E-state index contributed by atoms with van der Waals surface area (Å²) in [6.07, 6.45) is 0. The maximum atomic E-state index is 14.9. The number of rotatable bonds is 8. The standard InChI is InChI=1S/C26H22F6N2O4S/c1-26(2,3)15-7-4-13(5-8-15)12-34(17-9-6-14(25(36)37)10-16(17)27)18(35)11-33-39(38)24-22(31)20(29)19(28)21(30)23(24)32/h4-10,33H,11-12H2,1-3H3,(H,36,37). The zero-order valence-corrected chi connectivity index (χ0v) is 21.6. The number of amides is 1. The Kier molecular flexibility index (Phi) is 8.86. The first kappa shape index (κ1) is 29.8. The van der Waals surface area contributed by atoms with Gasteiger partial charge in [0, 0.05) is 0 Å². The van der Waals surface area contributed by atoms with Crippen LogP contribution in [0, 0.1) is 34.9 Å². The molecular formula is C26H22F6N2O4S. The first-order chi connectivity index (χ1) is 18.1. The topological polar surface area (TPSA) is 86.7 Å². The number of carboxylic acids is 1. The van der Waals surface area contributed by atoms with E-state index in [0.29, 0.717) is 11.6 Å². The number of benzene rings is 3. The summed E-state index contributed by atoms with van der Waals surface area (Å²) < 4.78 is 97.5. The van der Waals surface area contributed by atoms with E-state index < -0.39 is 74.8 Å². The second kappa shape index (κ2) is 11.6. The Bertz CT molecular complexity index is 1430. The molecular weight excluding hydrogens is 550 g/mol. The third-order valence-electron chi connectivity index (χ3n) is 5.66. The number of hydrogen-bond acceptors (Lipinski definition) is 3. The molecule has 0 fully saturated rings. The largest absolute Gasteiger partial charge is 0.478 e. The lowest BCUT2D eigenvalue weighted by atomic mass is 9.87. The molecule has 3 rings (SSSR count). The Morgan fingerprint density at radius 2 is 1.41 bits per heavy atom. The van der Waals surface area contributed by atoms with Crippen LogP contribution in [0.4, 0.5) is 32.0 Å². The highest BCUT2D eigenvalue weighted by atomic mass is 32.2. The Balaban J connectivity index is 1.92. The Labute approximate surface area is 221 Å². The summed E-state index contributed by atoms with van der Waals surface area (Å²) in [5.74, 6) is -15.3. The normalized spacial score (nSPS) is 12.3. The lowest BCUT2D eigenvalue weighted by Crippen LogP contribution is -2.39. The molecule has 2 N–H and O–H groups in total. The van der Waals surface area contributed by atoms with E-state index in [0.717, 1.165) is 22.6 Å². The molecule has 6 nitrogen and oxygen atoms in total. The summed E-state index contributed by atoms with van der Waals surface area (Å²) >= 11 is 0. The number of carbonyl (C=O) groups is 2. The molecule has 0 bridgehead atoms. The van der Waals surface area contributed by atoms with Crippen LogP contribution in [0.5, 0.6) is 0 Å². The molecule has 39 heavy (non-hydrogen) atoms. The molecule has 0 heterocycles. The average Bonchev–Trinajstić information content (AvgIpc) is 2.88. The van der Waals surface area contributed by atoms with E-state index in [4.69, 9.17) is 5.11 Å². The number of nitrogens with zero attached hydrogens (tertiary/aromatic N) is 1. The van der Waals surface area contributed by atoms with Crippen LogP contribution in [0.2, 0.25) is 0 Å². The summed E-state index contributed by atoms with van der Waals surface area (Å²) in [4.78, 5) is 23.4. The number of carbonyl (C=O) groups excluding carboxylic acids is 1. The Morgan fingerprint density at radius 3 is 1.90 bits per heavy atom. The highest BCUT2D eigenvalue weighted by molar-refractivity contribution is 7.83. The van der Waals surface area contributed by atoms with Crippen LogP contribution in [0.25, 0.3) is 0 Å². The quantitative estimate of drug-likeness (QED) is 0.216. The molecule has 0 aromatic heterocycles. The number of halogens is 6. The molecule has 208 valence electrons. The van der Waals surface area contributed by atoms with E-state index in [2.05, 4.69) is 0 Å². The molecule has 0 spiro atoms. The summed E-state index contributed by atoms with van der Waals surface area (Å²) in [5.41, 5.74) is 0.516. The second-order valence-corrected chi connectivity index (χ2v) is 10.6. The van der Waals surface area contributed by atoms with E-state index in [9.17, 15) is 40.1 Å². The molecule has 1 atom stereocenters. The predicted molar refractivity (Wildman–Crippen MR) is 130 cm³/mol. The van der Waals surface area contributed by atoms with Gasteiger partial charge in [0.1, 0.15) is 21.7 Å². The lowest BCUT2D eigenvalue weighted by Gasteiger charge is -2.25. The van der Waals surface area contributed by atoms with Crippen LogP contribution in [0.1, 0.15) is 42.3 Å². The minimum Gasteiger partial charge on any atom is -0.478 e. The van der Waals surface area contributed by atoms with Crippen molar-refractivity contribution in [3.63, 3.8) is 0 Å². The summed E-state index contributed by atoms with van der Waals surface area (Å²) in [6, 6.07) is 9.68. The molecule has 1 unspecified atom stereocenters. The van der Waals surface area contributed by atoms with Gasteiger partial charge in [-0.05, 0) is 34.7 Å². The zero-order chi connectivity index (χ0) is 29.2. The highest BCUT2D eigenvalue weighted by Gasteiger charge is 2.30. The van der Waals surface area contributed by atoms with Gasteiger partial charge < -0.3 is 10.0 Å². The van der Waals surface area contributed by atoms with E-state index in [1.807, 2.05) is 25.5 Å². The molecule has 0 radical (unpaired) electrons. The molecule has 13 heteroatoms. The van der Waals surface area contributed by atoms with Gasteiger partial charge in [-0.3, -0.25) is 4.79 Å². The van der Waals surface area contributed by atoms with Gasteiger partial charge in [-0.1, -0.05) is 45.0 Å². The number of anilines is 1. The Hall–Kier alpha value is -3.71. The van der Waals surface area contributed by atoms with Crippen molar-refractivity contribution in [3.8, 4) is 0 Å². The van der Waals surface area contributed by atoms with Crippen molar-refractivity contribution >= 4 is 28.5 Å². The van der Waals surface area contributed by atoms with Crippen LogP contribution >= 0.6 is 0 Å². The van der Waals surface area contributed by atoms with Crippen LogP contribution in [0.3, 0.4) is 0 Å². The molecule has 0 saturated heterocycles. The molecule has 3 aromatic rings. The predicted octanol–water partition coefficient (Wildman–Crippen LogP) is 5.36. The zero-order valence-electron chi connectivity index (χ0n) is 20.8. The fourth-order valence-electron chi connectivity index (χ4n) is 3.50. The van der Waals surface area contributed by atoms with Crippen LogP contribution in [-0.2, 0) is 27.7 Å². The first-order valence-electron chi connectivity index (χ1n) is 11.2. The average molecular weight is 573 g/mol. The second-order valence-electron chi connectivity index (χ2n) is 9.39. The third-order valence-corrected chi connectivity index (χ3v) is 6.79. The van der Waals surface area contributed by atoms with Crippen molar-refractivity contribution in [3.05, 3.63) is 94.1 Å². The maximum absolute atomic E-state index is 14.9. The fourth-order valence-corrected chi connectivity index (χ4v) is 4.41. The number of carboxylic acid groups (broad SMARTS) is 1. The van der Waals surface area contributed by atoms with Gasteiger partial charge in [-0.25, -0.2) is 40.1 Å². The van der Waals surface area contributed by atoms with Crippen molar-refractivity contribution < 1.29 is 45.2 Å². The first-order valence-corrected chi connectivity index (χ1v) is 12.4. The summed E-state index contributed by atoms with van der Waals surface area (Å²) in [7, 11) is -3.07. The van der Waals surface area contributed by atoms with Gasteiger partial charge in [-0.2, -0.15) is 0 Å². The fraction of sp³-hybridized carbons (Fsp3) is 0.231. The molecule has 0 aliphatic carbocycles. The van der Waals surface area contributed by atoms with Crippen LogP contribution in [0.15, 0.2) is 47.4 Å². The van der Waals surface area contributed by atoms with Gasteiger partial charge >= 0.3 is 5.97 Å². The highest BCUT2D eigenvalue weighted by Crippen LogP contribution is 2.27. The van der Waals surface area contributed by atoms with Crippen molar-refractivity contribution in [2.45, 2.75) is 37.6 Å². The molecule has 0 aliphatic heterocycles. The maximum Gasteiger partial charge on any atom is 0.335 e. The van der Waals surface area contributed by atoms with Crippen molar-refractivity contribution in [1.29, 1.82) is 0 Å². The van der Waals surface area contributed by atoms with Crippen molar-refractivity contribution in [2.75, 3.05) is 11.4 Å². The van der Waals surface area contributed by atoms with E-state index in [-0.39, 0.29) is 17.6 Å². The molecule has 1 amide bonds. The van der Waals surface area contributed by atoms with Crippen LogP contribution < -0.4 is 9.62 Å². The van der Waals surface area contributed by atoms with Gasteiger partial charge in [0.2, 0.25) is 11.7 Å². The number of aromatic carboxylic acids is 1. The van der Waals surface area contributed by atoms with E-state index in [1.54, 1.807) is 24.3 Å². The molecule has 0 saturated carbocycles. The van der Waals surface area contributed by atoms with Gasteiger partial charge in [-0.15, -0.1) is 0 Å². The SMILES string of the molecule is CC(C)(C)c1ccc(CN(C(=O)CNS(=O)c2c(F)c(F)c(F)c(F)c2F)c2ccc(C(=O)O)cc2F)cc1. The number of nitrogens with one attached hydrogen (secondary N) is 1. The van der Waals surface area contributed by atoms with E-state index in [1.165, 1.54) is 0 Å². The van der Waals surface area contributed by atoms with Crippen molar-refractivity contribution in [2.24, 2.45) is 0 Å². The smallest absolute Gasteiger partial charge is 0.335 e. The van der Waals surface area contributed by atoms with E-state index >= 15 is 0 Å². The molecule has 3 aromatic carbocycles. The lowest BCUT2D eigenvalue weighted by molar-refractivity contribution is -0.117. The minimum atomic E-state index is -3.07.